The fourth-order valence-corrected chi connectivity index (χ4v) is 2.37. The van der Waals surface area contributed by atoms with E-state index in [9.17, 15) is 4.79 Å². The first-order chi connectivity index (χ1) is 9.16. The van der Waals surface area contributed by atoms with Crippen molar-refractivity contribution in [2.45, 2.75) is 45.7 Å². The molecule has 19 heavy (non-hydrogen) atoms. The number of likely N-dealkylation sites (tertiary alicyclic amines) is 1. The van der Waals surface area contributed by atoms with Crippen molar-refractivity contribution in [2.24, 2.45) is 0 Å². The molecule has 0 bridgehead atoms. The number of hydrogen-bond acceptors (Lipinski definition) is 2. The van der Waals surface area contributed by atoms with E-state index >= 15 is 0 Å². The Bertz CT molecular complexity index is 405. The van der Waals surface area contributed by atoms with Gasteiger partial charge in [0.2, 0.25) is 0 Å². The SMILES string of the molecule is CC(C)NCc1ccc(C(=O)N2CCCCC2)cc1. The van der Waals surface area contributed by atoms with Crippen LogP contribution in [0.5, 0.6) is 0 Å². The second kappa shape index (κ2) is 6.71. The van der Waals surface area contributed by atoms with Crippen molar-refractivity contribution in [3.05, 3.63) is 35.4 Å². The monoisotopic (exact) mass is 260 g/mol. The van der Waals surface area contributed by atoms with Gasteiger partial charge in [0.1, 0.15) is 0 Å². The average molecular weight is 260 g/mol. The van der Waals surface area contributed by atoms with Crippen molar-refractivity contribution in [1.29, 1.82) is 0 Å². The van der Waals surface area contributed by atoms with E-state index in [2.05, 4.69) is 19.2 Å². The average Bonchev–Trinajstić information content (AvgIpc) is 2.46. The molecule has 1 saturated heterocycles. The predicted octanol–water partition coefficient (Wildman–Crippen LogP) is 2.81. The Hall–Kier alpha value is -1.35. The Labute approximate surface area is 116 Å². The summed E-state index contributed by atoms with van der Waals surface area (Å²) in [5.74, 6) is 0.183. The van der Waals surface area contributed by atoms with Crippen molar-refractivity contribution < 1.29 is 4.79 Å². The summed E-state index contributed by atoms with van der Waals surface area (Å²) in [6.45, 7) is 6.95. The molecule has 3 nitrogen and oxygen atoms in total. The summed E-state index contributed by atoms with van der Waals surface area (Å²) < 4.78 is 0. The van der Waals surface area contributed by atoms with Crippen molar-refractivity contribution in [3.8, 4) is 0 Å². The third kappa shape index (κ3) is 4.06. The molecule has 2 rings (SSSR count). The van der Waals surface area contributed by atoms with Gasteiger partial charge in [-0.3, -0.25) is 4.79 Å². The Morgan fingerprint density at radius 2 is 1.79 bits per heavy atom. The molecule has 1 fully saturated rings. The summed E-state index contributed by atoms with van der Waals surface area (Å²) in [6, 6.07) is 8.48. The van der Waals surface area contributed by atoms with Gasteiger partial charge in [0.15, 0.2) is 0 Å². The number of carbonyl (C=O) groups is 1. The van der Waals surface area contributed by atoms with Crippen LogP contribution < -0.4 is 5.32 Å². The summed E-state index contributed by atoms with van der Waals surface area (Å²) in [7, 11) is 0. The molecular weight excluding hydrogens is 236 g/mol. The molecule has 1 aliphatic heterocycles. The lowest BCUT2D eigenvalue weighted by Gasteiger charge is -2.26. The zero-order valence-electron chi connectivity index (χ0n) is 12.0. The maximum Gasteiger partial charge on any atom is 0.253 e. The van der Waals surface area contributed by atoms with Gasteiger partial charge in [-0.2, -0.15) is 0 Å². The smallest absolute Gasteiger partial charge is 0.253 e. The lowest BCUT2D eigenvalue weighted by Crippen LogP contribution is -2.35. The number of rotatable bonds is 4. The van der Waals surface area contributed by atoms with Crippen LogP contribution in [-0.2, 0) is 6.54 Å². The minimum atomic E-state index is 0.183. The molecule has 0 spiro atoms. The standard InChI is InChI=1S/C16H24N2O/c1-13(2)17-12-14-6-8-15(9-7-14)16(19)18-10-4-3-5-11-18/h6-9,13,17H,3-5,10-12H2,1-2H3. The Balaban J connectivity index is 1.95. The number of nitrogens with zero attached hydrogens (tertiary/aromatic N) is 1. The molecule has 0 atom stereocenters. The van der Waals surface area contributed by atoms with Gasteiger partial charge in [0.25, 0.3) is 5.91 Å². The molecular formula is C16H24N2O. The highest BCUT2D eigenvalue weighted by Crippen LogP contribution is 2.13. The zero-order valence-corrected chi connectivity index (χ0v) is 12.0. The fourth-order valence-electron chi connectivity index (χ4n) is 2.37. The summed E-state index contributed by atoms with van der Waals surface area (Å²) >= 11 is 0. The van der Waals surface area contributed by atoms with Crippen LogP contribution in [0.4, 0.5) is 0 Å². The molecule has 104 valence electrons. The topological polar surface area (TPSA) is 32.3 Å². The predicted molar refractivity (Wildman–Crippen MR) is 78.2 cm³/mol. The lowest BCUT2D eigenvalue weighted by atomic mass is 10.1. The number of nitrogens with one attached hydrogen (secondary N) is 1. The molecule has 1 amide bonds. The van der Waals surface area contributed by atoms with E-state index in [-0.39, 0.29) is 5.91 Å². The molecule has 0 aromatic heterocycles. The number of carbonyl (C=O) groups excluding carboxylic acids is 1. The van der Waals surface area contributed by atoms with Gasteiger partial charge in [-0.1, -0.05) is 26.0 Å². The van der Waals surface area contributed by atoms with E-state index in [0.29, 0.717) is 6.04 Å². The minimum absolute atomic E-state index is 0.183. The molecule has 0 saturated carbocycles. The summed E-state index contributed by atoms with van der Waals surface area (Å²) in [5, 5.41) is 3.38. The van der Waals surface area contributed by atoms with E-state index in [1.807, 2.05) is 29.2 Å². The Morgan fingerprint density at radius 1 is 1.16 bits per heavy atom. The third-order valence-electron chi connectivity index (χ3n) is 3.56. The Kier molecular flexibility index (Phi) is 4.97. The molecule has 1 N–H and O–H groups in total. The molecule has 0 aliphatic carbocycles. The van der Waals surface area contributed by atoms with Crippen LogP contribution in [0.25, 0.3) is 0 Å². The quantitative estimate of drug-likeness (QED) is 0.903. The summed E-state index contributed by atoms with van der Waals surface area (Å²) in [4.78, 5) is 14.3. The molecule has 1 heterocycles. The zero-order chi connectivity index (χ0) is 13.7. The van der Waals surface area contributed by atoms with Crippen LogP contribution in [0.15, 0.2) is 24.3 Å². The molecule has 1 aromatic carbocycles. The van der Waals surface area contributed by atoms with Gasteiger partial charge < -0.3 is 10.2 Å². The van der Waals surface area contributed by atoms with Crippen LogP contribution in [0.3, 0.4) is 0 Å². The second-order valence-electron chi connectivity index (χ2n) is 5.59. The maximum absolute atomic E-state index is 12.3. The molecule has 1 aromatic rings. The van der Waals surface area contributed by atoms with E-state index in [4.69, 9.17) is 0 Å². The van der Waals surface area contributed by atoms with Crippen LogP contribution >= 0.6 is 0 Å². The molecule has 0 unspecified atom stereocenters. The van der Waals surface area contributed by atoms with Crippen molar-refractivity contribution in [1.82, 2.24) is 10.2 Å². The Morgan fingerprint density at radius 3 is 2.37 bits per heavy atom. The van der Waals surface area contributed by atoms with Gasteiger partial charge in [-0.25, -0.2) is 0 Å². The van der Waals surface area contributed by atoms with E-state index in [1.54, 1.807) is 0 Å². The number of hydrogen-bond donors (Lipinski definition) is 1. The van der Waals surface area contributed by atoms with Crippen LogP contribution in [0.2, 0.25) is 0 Å². The summed E-state index contributed by atoms with van der Waals surface area (Å²) in [5.41, 5.74) is 2.04. The second-order valence-corrected chi connectivity index (χ2v) is 5.59. The van der Waals surface area contributed by atoms with Crippen LogP contribution in [-0.4, -0.2) is 29.9 Å². The highest BCUT2D eigenvalue weighted by atomic mass is 16.2. The number of amides is 1. The normalized spacial score (nSPS) is 15.8. The van der Waals surface area contributed by atoms with E-state index in [0.717, 1.165) is 38.0 Å². The highest BCUT2D eigenvalue weighted by molar-refractivity contribution is 5.94. The number of piperidine rings is 1. The van der Waals surface area contributed by atoms with Crippen LogP contribution in [0.1, 0.15) is 49.0 Å². The largest absolute Gasteiger partial charge is 0.339 e. The van der Waals surface area contributed by atoms with Crippen molar-refractivity contribution in [2.75, 3.05) is 13.1 Å². The van der Waals surface area contributed by atoms with Gasteiger partial charge in [0.05, 0.1) is 0 Å². The van der Waals surface area contributed by atoms with Gasteiger partial charge >= 0.3 is 0 Å². The first-order valence-electron chi connectivity index (χ1n) is 7.28. The minimum Gasteiger partial charge on any atom is -0.339 e. The first kappa shape index (κ1) is 14.1. The fraction of sp³-hybridized carbons (Fsp3) is 0.562. The summed E-state index contributed by atoms with van der Waals surface area (Å²) in [6.07, 6.45) is 3.54. The lowest BCUT2D eigenvalue weighted by molar-refractivity contribution is 0.0724. The van der Waals surface area contributed by atoms with Gasteiger partial charge in [-0.15, -0.1) is 0 Å². The van der Waals surface area contributed by atoms with E-state index < -0.39 is 0 Å². The molecule has 3 heteroatoms. The molecule has 1 aliphatic rings. The third-order valence-corrected chi connectivity index (χ3v) is 3.56. The van der Waals surface area contributed by atoms with Gasteiger partial charge in [0, 0.05) is 31.2 Å². The van der Waals surface area contributed by atoms with Gasteiger partial charge in [-0.05, 0) is 37.0 Å². The van der Waals surface area contributed by atoms with Crippen molar-refractivity contribution in [3.63, 3.8) is 0 Å². The first-order valence-corrected chi connectivity index (χ1v) is 7.28. The highest BCUT2D eigenvalue weighted by Gasteiger charge is 2.17. The van der Waals surface area contributed by atoms with Crippen LogP contribution in [0, 0.1) is 0 Å². The number of benzene rings is 1. The molecule has 0 radical (unpaired) electrons. The maximum atomic E-state index is 12.3. The van der Waals surface area contributed by atoms with E-state index in [1.165, 1.54) is 12.0 Å². The van der Waals surface area contributed by atoms with Crippen molar-refractivity contribution >= 4 is 5.91 Å².